The summed E-state index contributed by atoms with van der Waals surface area (Å²) in [5, 5.41) is 3.00. The molecule has 3 aromatic rings. The van der Waals surface area contributed by atoms with Crippen molar-refractivity contribution >= 4 is 29.1 Å². The largest absolute Gasteiger partial charge is 0.482 e. The quantitative estimate of drug-likeness (QED) is 0.597. The van der Waals surface area contributed by atoms with Crippen molar-refractivity contribution in [3.63, 3.8) is 0 Å². The van der Waals surface area contributed by atoms with Crippen LogP contribution in [0.4, 0.5) is 11.4 Å². The van der Waals surface area contributed by atoms with Gasteiger partial charge in [0, 0.05) is 24.3 Å². The molecular weight excluding hydrogens is 442 g/mol. The molecule has 178 valence electrons. The third-order valence-electron chi connectivity index (χ3n) is 6.52. The zero-order chi connectivity index (χ0) is 24.4. The van der Waals surface area contributed by atoms with Crippen LogP contribution in [0.3, 0.4) is 0 Å². The molecule has 0 saturated carbocycles. The van der Waals surface area contributed by atoms with Gasteiger partial charge in [-0.2, -0.15) is 0 Å². The maximum Gasteiger partial charge on any atom is 0.265 e. The second-order valence-corrected chi connectivity index (χ2v) is 8.70. The summed E-state index contributed by atoms with van der Waals surface area (Å²) in [6.07, 6.45) is 1.25. The number of carbonyl (C=O) groups excluding carboxylic acids is 3. The highest BCUT2D eigenvalue weighted by Gasteiger charge is 2.34. The lowest BCUT2D eigenvalue weighted by molar-refractivity contribution is -0.128. The van der Waals surface area contributed by atoms with Crippen molar-refractivity contribution in [3.8, 4) is 5.75 Å². The average molecular weight is 470 g/mol. The molecule has 3 amide bonds. The molecule has 2 aliphatic heterocycles. The SMILES string of the molecule is CC[C@H](C(=O)NCc1ccc2c(c1)CCN2C(=O)c1ccccc1)N1C(=O)COc2ccccc21. The molecule has 0 bridgehead atoms. The third-order valence-corrected chi connectivity index (χ3v) is 6.52. The lowest BCUT2D eigenvalue weighted by Gasteiger charge is -2.34. The number of amides is 3. The van der Waals surface area contributed by atoms with Crippen molar-refractivity contribution < 1.29 is 19.1 Å². The lowest BCUT2D eigenvalue weighted by atomic mass is 10.1. The van der Waals surface area contributed by atoms with Crippen LogP contribution in [0.25, 0.3) is 0 Å². The van der Waals surface area contributed by atoms with Gasteiger partial charge in [-0.25, -0.2) is 0 Å². The van der Waals surface area contributed by atoms with Crippen molar-refractivity contribution in [3.05, 3.63) is 89.5 Å². The molecule has 0 saturated heterocycles. The number of hydrogen-bond acceptors (Lipinski definition) is 4. The predicted octanol–water partition coefficient (Wildman–Crippen LogP) is 3.71. The fraction of sp³-hybridized carbons (Fsp3) is 0.250. The van der Waals surface area contributed by atoms with Crippen molar-refractivity contribution in [2.75, 3.05) is 23.0 Å². The molecule has 2 aliphatic rings. The second kappa shape index (κ2) is 9.62. The van der Waals surface area contributed by atoms with Crippen LogP contribution in [-0.4, -0.2) is 36.9 Å². The van der Waals surface area contributed by atoms with Crippen LogP contribution >= 0.6 is 0 Å². The molecule has 7 nitrogen and oxygen atoms in total. The molecule has 5 rings (SSSR count). The van der Waals surface area contributed by atoms with Gasteiger partial charge in [0.1, 0.15) is 11.8 Å². The normalized spacial score (nSPS) is 15.2. The summed E-state index contributed by atoms with van der Waals surface area (Å²) in [6, 6.07) is 21.8. The number of carbonyl (C=O) groups is 3. The van der Waals surface area contributed by atoms with Gasteiger partial charge >= 0.3 is 0 Å². The molecule has 2 heterocycles. The molecule has 0 unspecified atom stereocenters. The van der Waals surface area contributed by atoms with Crippen molar-refractivity contribution in [1.29, 1.82) is 0 Å². The van der Waals surface area contributed by atoms with Gasteiger partial charge in [0.2, 0.25) is 5.91 Å². The highest BCUT2D eigenvalue weighted by molar-refractivity contribution is 6.07. The number of benzene rings is 3. The van der Waals surface area contributed by atoms with E-state index in [1.807, 2.05) is 72.5 Å². The first kappa shape index (κ1) is 22.7. The van der Waals surface area contributed by atoms with Crippen molar-refractivity contribution in [1.82, 2.24) is 5.32 Å². The Morgan fingerprint density at radius 2 is 1.77 bits per heavy atom. The summed E-state index contributed by atoms with van der Waals surface area (Å²) in [4.78, 5) is 42.0. The summed E-state index contributed by atoms with van der Waals surface area (Å²) in [5.74, 6) is 0.156. The highest BCUT2D eigenvalue weighted by Crippen LogP contribution is 2.34. The number of nitrogens with one attached hydrogen (secondary N) is 1. The Bertz CT molecular complexity index is 1270. The zero-order valence-corrected chi connectivity index (χ0v) is 19.6. The minimum atomic E-state index is -0.624. The molecule has 0 radical (unpaired) electrons. The van der Waals surface area contributed by atoms with Gasteiger partial charge in [-0.1, -0.05) is 49.4 Å². The van der Waals surface area contributed by atoms with Crippen LogP contribution in [0.5, 0.6) is 5.75 Å². The number of hydrogen-bond donors (Lipinski definition) is 1. The molecule has 1 atom stereocenters. The Hall–Kier alpha value is -4.13. The number of para-hydroxylation sites is 2. The van der Waals surface area contributed by atoms with Crippen LogP contribution in [-0.2, 0) is 22.6 Å². The van der Waals surface area contributed by atoms with E-state index in [0.29, 0.717) is 36.5 Å². The number of rotatable bonds is 6. The second-order valence-electron chi connectivity index (χ2n) is 8.70. The first-order valence-corrected chi connectivity index (χ1v) is 11.9. The number of ether oxygens (including phenoxy) is 1. The molecule has 0 aliphatic carbocycles. The Balaban J connectivity index is 1.28. The Labute approximate surface area is 204 Å². The van der Waals surface area contributed by atoms with E-state index in [9.17, 15) is 14.4 Å². The fourth-order valence-corrected chi connectivity index (χ4v) is 4.77. The molecule has 0 spiro atoms. The van der Waals surface area contributed by atoms with Crippen molar-refractivity contribution in [2.24, 2.45) is 0 Å². The van der Waals surface area contributed by atoms with E-state index in [1.165, 1.54) is 0 Å². The summed E-state index contributed by atoms with van der Waals surface area (Å²) >= 11 is 0. The molecular formula is C28H27N3O4. The molecule has 1 N–H and O–H groups in total. The minimum absolute atomic E-state index is 0.00773. The number of anilines is 2. The topological polar surface area (TPSA) is 79.0 Å². The summed E-state index contributed by atoms with van der Waals surface area (Å²) in [7, 11) is 0. The smallest absolute Gasteiger partial charge is 0.265 e. The van der Waals surface area contributed by atoms with Crippen LogP contribution < -0.4 is 19.9 Å². The van der Waals surface area contributed by atoms with Gasteiger partial charge in [-0.15, -0.1) is 0 Å². The monoisotopic (exact) mass is 469 g/mol. The number of fused-ring (bicyclic) bond motifs is 2. The van der Waals surface area contributed by atoms with Gasteiger partial charge < -0.3 is 15.0 Å². The van der Waals surface area contributed by atoms with E-state index in [0.717, 1.165) is 23.2 Å². The van der Waals surface area contributed by atoms with Crippen LogP contribution in [0.1, 0.15) is 34.8 Å². The molecule has 0 fully saturated rings. The first-order valence-electron chi connectivity index (χ1n) is 11.9. The van der Waals surface area contributed by atoms with E-state index in [-0.39, 0.29) is 24.3 Å². The van der Waals surface area contributed by atoms with Gasteiger partial charge in [0.05, 0.1) is 5.69 Å². The zero-order valence-electron chi connectivity index (χ0n) is 19.6. The Morgan fingerprint density at radius 3 is 2.57 bits per heavy atom. The summed E-state index contributed by atoms with van der Waals surface area (Å²) < 4.78 is 5.52. The van der Waals surface area contributed by atoms with Gasteiger partial charge in [-0.3, -0.25) is 19.3 Å². The molecule has 3 aromatic carbocycles. The van der Waals surface area contributed by atoms with Crippen molar-refractivity contribution in [2.45, 2.75) is 32.4 Å². The van der Waals surface area contributed by atoms with E-state index in [2.05, 4.69) is 5.32 Å². The van der Waals surface area contributed by atoms with E-state index < -0.39 is 6.04 Å². The summed E-state index contributed by atoms with van der Waals surface area (Å²) in [6.45, 7) is 2.79. The van der Waals surface area contributed by atoms with Crippen LogP contribution in [0.2, 0.25) is 0 Å². The van der Waals surface area contributed by atoms with Gasteiger partial charge in [0.25, 0.3) is 11.8 Å². The maximum absolute atomic E-state index is 13.1. The van der Waals surface area contributed by atoms with E-state index >= 15 is 0 Å². The van der Waals surface area contributed by atoms with Crippen LogP contribution in [0.15, 0.2) is 72.8 Å². The Morgan fingerprint density at radius 1 is 1.00 bits per heavy atom. The highest BCUT2D eigenvalue weighted by atomic mass is 16.5. The Kier molecular flexibility index (Phi) is 6.23. The van der Waals surface area contributed by atoms with Crippen LogP contribution in [0, 0.1) is 0 Å². The predicted molar refractivity (Wildman–Crippen MR) is 134 cm³/mol. The lowest BCUT2D eigenvalue weighted by Crippen LogP contribution is -2.52. The molecule has 35 heavy (non-hydrogen) atoms. The average Bonchev–Trinajstić information content (AvgIpc) is 3.32. The maximum atomic E-state index is 13.1. The van der Waals surface area contributed by atoms with Gasteiger partial charge in [0.15, 0.2) is 6.61 Å². The summed E-state index contributed by atoms with van der Waals surface area (Å²) in [5.41, 5.74) is 4.24. The minimum Gasteiger partial charge on any atom is -0.482 e. The van der Waals surface area contributed by atoms with E-state index in [4.69, 9.17) is 4.74 Å². The first-order chi connectivity index (χ1) is 17.1. The fourth-order valence-electron chi connectivity index (χ4n) is 4.77. The number of nitrogens with zero attached hydrogens (tertiary/aromatic N) is 2. The van der Waals surface area contributed by atoms with Gasteiger partial charge in [-0.05, 0) is 54.3 Å². The van der Waals surface area contributed by atoms with E-state index in [1.54, 1.807) is 17.0 Å². The standard InChI is InChI=1S/C28H27N3O4/c1-2-22(31-24-10-6-7-11-25(24)35-18-26(31)32)27(33)29-17-19-12-13-23-21(16-19)14-15-30(23)28(34)20-8-4-3-5-9-20/h3-13,16,22H,2,14-15,17-18H2,1H3,(H,29,33)/t22-/m1/s1. The molecule has 7 heteroatoms. The third kappa shape index (κ3) is 4.37. The molecule has 0 aromatic heterocycles.